The molecule has 1 unspecified atom stereocenters. The Balaban J connectivity index is 1.68. The highest BCUT2D eigenvalue weighted by molar-refractivity contribution is 9.10. The average Bonchev–Trinajstić information content (AvgIpc) is 3.19. The van der Waals surface area contributed by atoms with Crippen molar-refractivity contribution >= 4 is 44.8 Å². The van der Waals surface area contributed by atoms with Crippen molar-refractivity contribution in [3.05, 3.63) is 99.0 Å². The van der Waals surface area contributed by atoms with Gasteiger partial charge in [0.05, 0.1) is 28.3 Å². The number of hydrogen-bond acceptors (Lipinski definition) is 3. The molecule has 9 heteroatoms. The molecule has 4 nitrogen and oxygen atoms in total. The summed E-state index contributed by atoms with van der Waals surface area (Å²) in [6, 6.07) is 20.6. The summed E-state index contributed by atoms with van der Waals surface area (Å²) in [5, 5.41) is 8.85. The Morgan fingerprint density at radius 2 is 1.80 bits per heavy atom. The Kier molecular flexibility index (Phi) is 7.24. The van der Waals surface area contributed by atoms with Gasteiger partial charge in [-0.2, -0.15) is 18.3 Å². The van der Waals surface area contributed by atoms with E-state index >= 15 is 0 Å². The van der Waals surface area contributed by atoms with Crippen molar-refractivity contribution in [2.45, 2.75) is 24.9 Å². The fourth-order valence-corrected chi connectivity index (χ4v) is 4.90. The zero-order valence-corrected chi connectivity index (χ0v) is 21.1. The number of carbonyl (C=O) groups is 1. The molecule has 1 N–H and O–H groups in total. The van der Waals surface area contributed by atoms with Gasteiger partial charge in [-0.3, -0.25) is 9.80 Å². The molecule has 1 heterocycles. The SMILES string of the molecule is CCC1(c2ccccc2)CN(CC(=O)Nc2ccc(Br)cc2)N=C1c1ccc(C(F)(F)F)c(Cl)c1. The molecule has 35 heavy (non-hydrogen) atoms. The van der Waals surface area contributed by atoms with Crippen LogP contribution in [0.1, 0.15) is 30.0 Å². The maximum atomic E-state index is 13.3. The summed E-state index contributed by atoms with van der Waals surface area (Å²) in [6.45, 7) is 2.39. The molecular weight excluding hydrogens is 543 g/mol. The molecule has 0 spiro atoms. The molecule has 4 rings (SSSR count). The smallest absolute Gasteiger partial charge is 0.324 e. The van der Waals surface area contributed by atoms with E-state index in [0.29, 0.717) is 29.9 Å². The van der Waals surface area contributed by atoms with E-state index in [1.807, 2.05) is 49.4 Å². The van der Waals surface area contributed by atoms with Crippen molar-refractivity contribution in [1.29, 1.82) is 0 Å². The Labute approximate surface area is 214 Å². The zero-order valence-electron chi connectivity index (χ0n) is 18.7. The monoisotopic (exact) mass is 563 g/mol. The fourth-order valence-electron chi connectivity index (χ4n) is 4.34. The van der Waals surface area contributed by atoms with E-state index < -0.39 is 17.2 Å². The van der Waals surface area contributed by atoms with Gasteiger partial charge >= 0.3 is 6.18 Å². The topological polar surface area (TPSA) is 44.7 Å². The quantitative estimate of drug-likeness (QED) is 0.346. The second-order valence-corrected chi connectivity index (χ2v) is 9.64. The molecule has 0 aromatic heterocycles. The zero-order chi connectivity index (χ0) is 25.2. The molecule has 3 aromatic rings. The number of benzene rings is 3. The highest BCUT2D eigenvalue weighted by atomic mass is 79.9. The molecule has 0 saturated carbocycles. The van der Waals surface area contributed by atoms with Crippen LogP contribution in [0.25, 0.3) is 0 Å². The molecule has 182 valence electrons. The first-order chi connectivity index (χ1) is 16.6. The highest BCUT2D eigenvalue weighted by Gasteiger charge is 2.44. The van der Waals surface area contributed by atoms with Crippen molar-refractivity contribution in [3.63, 3.8) is 0 Å². The highest BCUT2D eigenvalue weighted by Crippen LogP contribution is 2.40. The number of carbonyl (C=O) groups excluding carboxylic acids is 1. The number of rotatable bonds is 6. The van der Waals surface area contributed by atoms with Crippen molar-refractivity contribution in [2.75, 3.05) is 18.4 Å². The number of halogens is 5. The minimum atomic E-state index is -4.55. The summed E-state index contributed by atoms with van der Waals surface area (Å²) in [4.78, 5) is 12.8. The van der Waals surface area contributed by atoms with Crippen LogP contribution in [0.4, 0.5) is 18.9 Å². The Hall–Kier alpha value is -2.84. The molecule has 3 aromatic carbocycles. The normalized spacial score (nSPS) is 17.9. The van der Waals surface area contributed by atoms with Crippen LogP contribution in [-0.4, -0.2) is 29.7 Å². The third-order valence-corrected chi connectivity index (χ3v) is 6.92. The summed E-state index contributed by atoms with van der Waals surface area (Å²) in [5.74, 6) is -0.249. The van der Waals surface area contributed by atoms with Crippen molar-refractivity contribution < 1.29 is 18.0 Å². The van der Waals surface area contributed by atoms with Crippen molar-refractivity contribution in [1.82, 2.24) is 5.01 Å². The van der Waals surface area contributed by atoms with Gasteiger partial charge in [0.2, 0.25) is 5.91 Å². The van der Waals surface area contributed by atoms with Gasteiger partial charge in [-0.15, -0.1) is 0 Å². The van der Waals surface area contributed by atoms with Gasteiger partial charge in [-0.25, -0.2) is 0 Å². The molecule has 1 aliphatic rings. The van der Waals surface area contributed by atoms with Crippen LogP contribution in [0.15, 0.2) is 82.4 Å². The third kappa shape index (κ3) is 5.38. The average molecular weight is 565 g/mol. The van der Waals surface area contributed by atoms with E-state index in [2.05, 4.69) is 21.2 Å². The van der Waals surface area contributed by atoms with E-state index in [1.54, 1.807) is 17.1 Å². The number of alkyl halides is 3. The Bertz CT molecular complexity index is 1250. The second kappa shape index (κ2) is 10.0. The molecule has 1 atom stereocenters. The van der Waals surface area contributed by atoms with Crippen LogP contribution in [0.5, 0.6) is 0 Å². The molecule has 0 saturated heterocycles. The van der Waals surface area contributed by atoms with Crippen LogP contribution in [0, 0.1) is 0 Å². The van der Waals surface area contributed by atoms with Gasteiger partial charge in [0, 0.05) is 15.7 Å². The lowest BCUT2D eigenvalue weighted by Crippen LogP contribution is -2.40. The van der Waals surface area contributed by atoms with Crippen molar-refractivity contribution in [2.24, 2.45) is 5.10 Å². The van der Waals surface area contributed by atoms with Gasteiger partial charge < -0.3 is 5.32 Å². The lowest BCUT2D eigenvalue weighted by Gasteiger charge is -2.31. The van der Waals surface area contributed by atoms with Crippen molar-refractivity contribution in [3.8, 4) is 0 Å². The summed E-state index contributed by atoms with van der Waals surface area (Å²) in [7, 11) is 0. The van der Waals surface area contributed by atoms with Crippen LogP contribution in [0.3, 0.4) is 0 Å². The molecule has 0 bridgehead atoms. The molecule has 0 fully saturated rings. The number of nitrogens with zero attached hydrogens (tertiary/aromatic N) is 2. The van der Waals surface area contributed by atoms with Crippen LogP contribution >= 0.6 is 27.5 Å². The molecule has 0 radical (unpaired) electrons. The summed E-state index contributed by atoms with van der Waals surface area (Å²) in [6.07, 6.45) is -3.93. The maximum absolute atomic E-state index is 13.3. The van der Waals surface area contributed by atoms with Gasteiger partial charge in [0.15, 0.2) is 0 Å². The minimum Gasteiger partial charge on any atom is -0.324 e. The molecule has 1 amide bonds. The lowest BCUT2D eigenvalue weighted by atomic mass is 9.72. The van der Waals surface area contributed by atoms with Gasteiger partial charge in [0.25, 0.3) is 0 Å². The summed E-state index contributed by atoms with van der Waals surface area (Å²) in [5.41, 5.74) is 1.17. The first-order valence-corrected chi connectivity index (χ1v) is 12.1. The van der Waals surface area contributed by atoms with Crippen LogP contribution in [-0.2, 0) is 16.4 Å². The fraction of sp³-hybridized carbons (Fsp3) is 0.231. The number of hydrazone groups is 1. The van der Waals surface area contributed by atoms with Crippen LogP contribution < -0.4 is 5.32 Å². The van der Waals surface area contributed by atoms with E-state index in [1.165, 1.54) is 12.1 Å². The van der Waals surface area contributed by atoms with E-state index in [0.717, 1.165) is 16.1 Å². The van der Waals surface area contributed by atoms with Crippen LogP contribution in [0.2, 0.25) is 5.02 Å². The number of nitrogens with one attached hydrogen (secondary N) is 1. The second-order valence-electron chi connectivity index (χ2n) is 8.32. The van der Waals surface area contributed by atoms with E-state index in [4.69, 9.17) is 16.7 Å². The van der Waals surface area contributed by atoms with Gasteiger partial charge in [-0.1, -0.05) is 70.9 Å². The molecule has 0 aliphatic carbocycles. The van der Waals surface area contributed by atoms with E-state index in [-0.39, 0.29) is 17.5 Å². The third-order valence-electron chi connectivity index (χ3n) is 6.08. The first kappa shape index (κ1) is 25.3. The standard InChI is InChI=1S/C26H22BrClF3N3O/c1-2-25(18-6-4-3-5-7-18)16-34(15-23(35)32-20-11-9-19(27)10-12-20)33-24(25)17-8-13-21(22(28)14-17)26(29,30)31/h3-14H,2,15-16H2,1H3,(H,32,35). The van der Waals surface area contributed by atoms with E-state index in [9.17, 15) is 18.0 Å². The van der Waals surface area contributed by atoms with Gasteiger partial charge in [0.1, 0.15) is 6.54 Å². The Morgan fingerprint density at radius 3 is 2.40 bits per heavy atom. The van der Waals surface area contributed by atoms with Gasteiger partial charge in [-0.05, 0) is 48.4 Å². The summed E-state index contributed by atoms with van der Waals surface area (Å²) >= 11 is 9.40. The lowest BCUT2D eigenvalue weighted by molar-refractivity contribution is -0.137. The largest absolute Gasteiger partial charge is 0.417 e. The first-order valence-electron chi connectivity index (χ1n) is 10.9. The number of amides is 1. The maximum Gasteiger partial charge on any atom is 0.417 e. The number of hydrogen-bond donors (Lipinski definition) is 1. The predicted octanol–water partition coefficient (Wildman–Crippen LogP) is 7.13. The minimum absolute atomic E-state index is 0.0114. The predicted molar refractivity (Wildman–Crippen MR) is 136 cm³/mol. The molecule has 1 aliphatic heterocycles. The Morgan fingerprint density at radius 1 is 1.11 bits per heavy atom. The summed E-state index contributed by atoms with van der Waals surface area (Å²) < 4.78 is 40.7. The molecular formula is C26H22BrClF3N3O. The number of anilines is 1.